The lowest BCUT2D eigenvalue weighted by Gasteiger charge is -2.11. The Labute approximate surface area is 86.9 Å². The van der Waals surface area contributed by atoms with Gasteiger partial charge in [-0.05, 0) is 47.1 Å². The zero-order chi connectivity index (χ0) is 9.30. The molecule has 0 bridgehead atoms. The summed E-state index contributed by atoms with van der Waals surface area (Å²) >= 11 is 2.29. The second-order valence-corrected chi connectivity index (χ2v) is 4.35. The van der Waals surface area contributed by atoms with Gasteiger partial charge in [-0.3, -0.25) is 0 Å². The molecule has 0 atom stereocenters. The molecule has 0 fully saturated rings. The zero-order valence-corrected chi connectivity index (χ0v) is 9.71. The monoisotopic (exact) mass is 276 g/mol. The SMILES string of the molecule is Cc1c(O)ccc(C(C)C)c1I. The van der Waals surface area contributed by atoms with Crippen molar-refractivity contribution < 1.29 is 5.11 Å². The van der Waals surface area contributed by atoms with E-state index < -0.39 is 0 Å². The molecule has 0 unspecified atom stereocenters. The summed E-state index contributed by atoms with van der Waals surface area (Å²) in [6.07, 6.45) is 0. The van der Waals surface area contributed by atoms with Crippen molar-refractivity contribution in [3.63, 3.8) is 0 Å². The highest BCUT2D eigenvalue weighted by molar-refractivity contribution is 14.1. The van der Waals surface area contributed by atoms with Crippen molar-refractivity contribution in [2.75, 3.05) is 0 Å². The third-order valence-electron chi connectivity index (χ3n) is 2.01. The fourth-order valence-electron chi connectivity index (χ4n) is 1.14. The molecule has 0 aliphatic carbocycles. The average Bonchev–Trinajstić information content (AvgIpc) is 2.00. The lowest BCUT2D eigenvalue weighted by Crippen LogP contribution is -1.94. The maximum Gasteiger partial charge on any atom is 0.119 e. The molecule has 66 valence electrons. The van der Waals surface area contributed by atoms with Crippen LogP contribution in [0.3, 0.4) is 0 Å². The van der Waals surface area contributed by atoms with Crippen molar-refractivity contribution in [3.05, 3.63) is 26.8 Å². The minimum Gasteiger partial charge on any atom is -0.508 e. The Morgan fingerprint density at radius 1 is 1.33 bits per heavy atom. The lowest BCUT2D eigenvalue weighted by molar-refractivity contribution is 0.470. The minimum absolute atomic E-state index is 0.392. The van der Waals surface area contributed by atoms with E-state index in [9.17, 15) is 5.11 Å². The van der Waals surface area contributed by atoms with Gasteiger partial charge in [0.1, 0.15) is 5.75 Å². The Hall–Kier alpha value is -0.250. The number of hydrogen-bond acceptors (Lipinski definition) is 1. The van der Waals surface area contributed by atoms with Crippen LogP contribution in [0.4, 0.5) is 0 Å². The first-order valence-corrected chi connectivity index (χ1v) is 5.10. The molecule has 1 N–H and O–H groups in total. The minimum atomic E-state index is 0.392. The highest BCUT2D eigenvalue weighted by Gasteiger charge is 2.08. The summed E-state index contributed by atoms with van der Waals surface area (Å²) in [5.41, 5.74) is 2.30. The molecule has 0 aliphatic heterocycles. The molecule has 1 rings (SSSR count). The molecule has 1 aromatic rings. The van der Waals surface area contributed by atoms with Gasteiger partial charge in [0, 0.05) is 9.13 Å². The molecule has 0 heterocycles. The van der Waals surface area contributed by atoms with Gasteiger partial charge in [-0.1, -0.05) is 19.9 Å². The zero-order valence-electron chi connectivity index (χ0n) is 7.56. The van der Waals surface area contributed by atoms with Gasteiger partial charge in [0.15, 0.2) is 0 Å². The Kier molecular flexibility index (Phi) is 2.99. The van der Waals surface area contributed by atoms with E-state index in [1.807, 2.05) is 13.0 Å². The first kappa shape index (κ1) is 9.84. The fourth-order valence-corrected chi connectivity index (χ4v) is 2.22. The van der Waals surface area contributed by atoms with Gasteiger partial charge in [-0.25, -0.2) is 0 Å². The van der Waals surface area contributed by atoms with Crippen molar-refractivity contribution in [2.24, 2.45) is 0 Å². The number of phenols is 1. The fraction of sp³-hybridized carbons (Fsp3) is 0.400. The van der Waals surface area contributed by atoms with Crippen LogP contribution in [0.25, 0.3) is 0 Å². The van der Waals surface area contributed by atoms with E-state index in [2.05, 4.69) is 36.4 Å². The van der Waals surface area contributed by atoms with Gasteiger partial charge in [0.05, 0.1) is 0 Å². The van der Waals surface area contributed by atoms with Crippen LogP contribution in [-0.2, 0) is 0 Å². The van der Waals surface area contributed by atoms with Gasteiger partial charge in [0.2, 0.25) is 0 Å². The molecule has 1 aromatic carbocycles. The van der Waals surface area contributed by atoms with Crippen molar-refractivity contribution in [3.8, 4) is 5.75 Å². The maximum atomic E-state index is 9.40. The van der Waals surface area contributed by atoms with Gasteiger partial charge >= 0.3 is 0 Å². The van der Waals surface area contributed by atoms with Crippen molar-refractivity contribution >= 4 is 22.6 Å². The van der Waals surface area contributed by atoms with Gasteiger partial charge in [-0.15, -0.1) is 0 Å². The summed E-state index contributed by atoms with van der Waals surface area (Å²) in [7, 11) is 0. The predicted octanol–water partition coefficient (Wildman–Crippen LogP) is 3.43. The Morgan fingerprint density at radius 3 is 2.42 bits per heavy atom. The third kappa shape index (κ3) is 1.73. The van der Waals surface area contributed by atoms with Crippen LogP contribution in [-0.4, -0.2) is 5.11 Å². The van der Waals surface area contributed by atoms with E-state index in [0.29, 0.717) is 11.7 Å². The first-order chi connectivity index (χ1) is 5.54. The summed E-state index contributed by atoms with van der Waals surface area (Å²) in [6.45, 7) is 6.27. The van der Waals surface area contributed by atoms with E-state index in [1.165, 1.54) is 9.13 Å². The molecule has 12 heavy (non-hydrogen) atoms. The Balaban J connectivity index is 3.27. The number of benzene rings is 1. The molecule has 0 saturated heterocycles. The van der Waals surface area contributed by atoms with Crippen molar-refractivity contribution in [1.82, 2.24) is 0 Å². The van der Waals surface area contributed by atoms with Gasteiger partial charge in [-0.2, -0.15) is 0 Å². The van der Waals surface area contributed by atoms with Gasteiger partial charge in [0.25, 0.3) is 0 Å². The second-order valence-electron chi connectivity index (χ2n) is 3.27. The predicted molar refractivity (Wildman–Crippen MR) is 59.6 cm³/mol. The van der Waals surface area contributed by atoms with Crippen LogP contribution >= 0.6 is 22.6 Å². The number of aromatic hydroxyl groups is 1. The van der Waals surface area contributed by atoms with Crippen molar-refractivity contribution in [1.29, 1.82) is 0 Å². The van der Waals surface area contributed by atoms with Crippen LogP contribution in [0.15, 0.2) is 12.1 Å². The molecule has 0 aromatic heterocycles. The Bertz CT molecular complexity index is 292. The standard InChI is InChI=1S/C10H13IO/c1-6(2)8-4-5-9(12)7(3)10(8)11/h4-6,12H,1-3H3. The van der Waals surface area contributed by atoms with Crippen LogP contribution in [0, 0.1) is 10.5 Å². The van der Waals surface area contributed by atoms with E-state index >= 15 is 0 Å². The van der Waals surface area contributed by atoms with Crippen LogP contribution in [0.2, 0.25) is 0 Å². The number of rotatable bonds is 1. The quantitative estimate of drug-likeness (QED) is 0.779. The highest BCUT2D eigenvalue weighted by Crippen LogP contribution is 2.29. The van der Waals surface area contributed by atoms with Crippen molar-refractivity contribution in [2.45, 2.75) is 26.7 Å². The number of hydrogen-bond donors (Lipinski definition) is 1. The van der Waals surface area contributed by atoms with Crippen LogP contribution < -0.4 is 0 Å². The van der Waals surface area contributed by atoms with Gasteiger partial charge < -0.3 is 5.11 Å². The van der Waals surface area contributed by atoms with E-state index in [0.717, 1.165) is 5.56 Å². The topological polar surface area (TPSA) is 20.2 Å². The van der Waals surface area contributed by atoms with E-state index in [1.54, 1.807) is 6.07 Å². The molecular weight excluding hydrogens is 263 g/mol. The summed E-state index contributed by atoms with van der Waals surface area (Å²) < 4.78 is 1.18. The van der Waals surface area contributed by atoms with E-state index in [4.69, 9.17) is 0 Å². The summed E-state index contributed by atoms with van der Waals surface area (Å²) in [5.74, 6) is 0.917. The number of phenolic OH excluding ortho intramolecular Hbond substituents is 1. The smallest absolute Gasteiger partial charge is 0.119 e. The summed E-state index contributed by atoms with van der Waals surface area (Å²) in [6, 6.07) is 3.77. The van der Waals surface area contributed by atoms with E-state index in [-0.39, 0.29) is 0 Å². The second kappa shape index (κ2) is 3.64. The normalized spacial score (nSPS) is 10.8. The Morgan fingerprint density at radius 2 is 1.92 bits per heavy atom. The average molecular weight is 276 g/mol. The molecule has 2 heteroatoms. The van der Waals surface area contributed by atoms with Crippen LogP contribution in [0.5, 0.6) is 5.75 Å². The molecular formula is C10H13IO. The molecule has 0 aliphatic rings. The summed E-state index contributed by atoms with van der Waals surface area (Å²) in [5, 5.41) is 9.40. The molecule has 0 amide bonds. The van der Waals surface area contributed by atoms with Crippen LogP contribution in [0.1, 0.15) is 30.9 Å². The summed E-state index contributed by atoms with van der Waals surface area (Å²) in [4.78, 5) is 0. The molecule has 1 nitrogen and oxygen atoms in total. The molecule has 0 saturated carbocycles. The first-order valence-electron chi connectivity index (χ1n) is 4.02. The maximum absolute atomic E-state index is 9.40. The lowest BCUT2D eigenvalue weighted by atomic mass is 10.0. The number of halogens is 1. The molecule has 0 radical (unpaired) electrons. The largest absolute Gasteiger partial charge is 0.508 e. The molecule has 0 spiro atoms. The highest BCUT2D eigenvalue weighted by atomic mass is 127. The third-order valence-corrected chi connectivity index (χ3v) is 3.44.